The van der Waals surface area contributed by atoms with Crippen LogP contribution in [0.5, 0.6) is 5.75 Å². The molecule has 284 valence electrons. The van der Waals surface area contributed by atoms with Crippen LogP contribution >= 0.6 is 0 Å². The maximum absolute atomic E-state index is 12.8. The third-order valence-corrected chi connectivity index (χ3v) is 9.39. The number of carboxylic acids is 1. The van der Waals surface area contributed by atoms with Gasteiger partial charge in [-0.3, -0.25) is 0 Å². The summed E-state index contributed by atoms with van der Waals surface area (Å²) in [5.41, 5.74) is 9.97. The standard InChI is InChI=1S/C43H52O10/c1-30-5-10-36-37-11-6-31(2)26-40(37)43(39(36)25-30,34-8-7-33(32(3)27-34)29-52-22-21-50-18-17-48-14-13-44)35-9-12-41(38(28-35)42(45)46)53-24-23-51-20-19-49-16-15-47-4/h5-12,25-28,44H,13-24,29H2,1-4H3,(H,45,46). The summed E-state index contributed by atoms with van der Waals surface area (Å²) < 4.78 is 38.8. The molecule has 0 saturated heterocycles. The average Bonchev–Trinajstić information content (AvgIpc) is 3.43. The topological polar surface area (TPSA) is 122 Å². The Balaban J connectivity index is 1.45. The Morgan fingerprint density at radius 2 is 1.13 bits per heavy atom. The van der Waals surface area contributed by atoms with Gasteiger partial charge in [-0.15, -0.1) is 0 Å². The lowest BCUT2D eigenvalue weighted by Gasteiger charge is -2.35. The molecule has 0 heterocycles. The van der Waals surface area contributed by atoms with Crippen molar-refractivity contribution in [3.05, 3.63) is 123 Å². The quantitative estimate of drug-likeness (QED) is 0.0745. The van der Waals surface area contributed by atoms with E-state index in [1.54, 1.807) is 19.2 Å². The van der Waals surface area contributed by atoms with Crippen molar-refractivity contribution in [3.8, 4) is 16.9 Å². The summed E-state index contributed by atoms with van der Waals surface area (Å²) in [4.78, 5) is 12.8. The second-order valence-corrected chi connectivity index (χ2v) is 13.1. The molecule has 53 heavy (non-hydrogen) atoms. The maximum atomic E-state index is 12.8. The summed E-state index contributed by atoms with van der Waals surface area (Å²) >= 11 is 0. The number of aryl methyl sites for hydroxylation is 3. The molecule has 1 aliphatic rings. The molecule has 0 spiro atoms. The molecule has 0 aliphatic heterocycles. The molecule has 0 unspecified atom stereocenters. The van der Waals surface area contributed by atoms with E-state index in [4.69, 9.17) is 38.3 Å². The van der Waals surface area contributed by atoms with E-state index in [0.29, 0.717) is 72.7 Å². The molecule has 0 amide bonds. The zero-order chi connectivity index (χ0) is 37.6. The minimum absolute atomic E-state index is 0.00443. The number of aromatic carboxylic acids is 1. The van der Waals surface area contributed by atoms with E-state index in [0.717, 1.165) is 55.6 Å². The van der Waals surface area contributed by atoms with Gasteiger partial charge < -0.3 is 43.4 Å². The predicted octanol–water partition coefficient (Wildman–Crippen LogP) is 6.27. The molecule has 0 saturated carbocycles. The van der Waals surface area contributed by atoms with Crippen molar-refractivity contribution in [2.45, 2.75) is 32.8 Å². The van der Waals surface area contributed by atoms with Crippen LogP contribution in [0.15, 0.2) is 72.8 Å². The van der Waals surface area contributed by atoms with Crippen LogP contribution in [-0.4, -0.2) is 103 Å². The molecular formula is C43H52O10. The number of benzene rings is 4. The van der Waals surface area contributed by atoms with Crippen LogP contribution in [-0.2, 0) is 40.4 Å². The van der Waals surface area contributed by atoms with E-state index in [-0.39, 0.29) is 24.5 Å². The van der Waals surface area contributed by atoms with E-state index < -0.39 is 11.4 Å². The molecule has 4 aromatic carbocycles. The number of ether oxygens (including phenoxy) is 7. The molecule has 0 bridgehead atoms. The third kappa shape index (κ3) is 9.71. The van der Waals surface area contributed by atoms with Crippen molar-refractivity contribution in [2.75, 3.05) is 86.4 Å². The van der Waals surface area contributed by atoms with Gasteiger partial charge >= 0.3 is 5.97 Å². The molecule has 10 nitrogen and oxygen atoms in total. The van der Waals surface area contributed by atoms with E-state index in [1.165, 1.54) is 0 Å². The highest BCUT2D eigenvalue weighted by molar-refractivity contribution is 5.93. The van der Waals surface area contributed by atoms with Gasteiger partial charge in [-0.1, -0.05) is 71.8 Å². The second kappa shape index (κ2) is 19.8. The first kappa shape index (κ1) is 40.1. The van der Waals surface area contributed by atoms with Crippen LogP contribution in [0.2, 0.25) is 0 Å². The molecule has 0 atom stereocenters. The van der Waals surface area contributed by atoms with E-state index >= 15 is 0 Å². The van der Waals surface area contributed by atoms with Crippen molar-refractivity contribution >= 4 is 5.97 Å². The minimum atomic E-state index is -1.07. The molecule has 1 aliphatic carbocycles. The lowest BCUT2D eigenvalue weighted by molar-refractivity contribution is 0.00444. The molecule has 2 N–H and O–H groups in total. The van der Waals surface area contributed by atoms with Gasteiger partial charge in [0.2, 0.25) is 0 Å². The van der Waals surface area contributed by atoms with Gasteiger partial charge in [0.15, 0.2) is 0 Å². The maximum Gasteiger partial charge on any atom is 0.339 e. The molecular weight excluding hydrogens is 676 g/mol. The minimum Gasteiger partial charge on any atom is -0.490 e. The first-order valence-electron chi connectivity index (χ1n) is 18.1. The van der Waals surface area contributed by atoms with E-state index in [1.807, 2.05) is 6.07 Å². The van der Waals surface area contributed by atoms with Gasteiger partial charge in [-0.2, -0.15) is 0 Å². The Labute approximate surface area is 312 Å². The number of rotatable bonds is 23. The summed E-state index contributed by atoms with van der Waals surface area (Å²) in [6.45, 7) is 11.1. The van der Waals surface area contributed by atoms with Gasteiger partial charge in [-0.25, -0.2) is 4.79 Å². The molecule has 0 aromatic heterocycles. The summed E-state index contributed by atoms with van der Waals surface area (Å²) in [6.07, 6.45) is 0. The monoisotopic (exact) mass is 728 g/mol. The Bertz CT molecular complexity index is 1750. The van der Waals surface area contributed by atoms with Crippen LogP contribution in [0.25, 0.3) is 11.1 Å². The summed E-state index contributed by atoms with van der Waals surface area (Å²) in [5.74, 6) is -0.782. The summed E-state index contributed by atoms with van der Waals surface area (Å²) in [5, 5.41) is 19.3. The first-order chi connectivity index (χ1) is 25.8. The zero-order valence-corrected chi connectivity index (χ0v) is 31.3. The van der Waals surface area contributed by atoms with Crippen LogP contribution in [0, 0.1) is 20.8 Å². The van der Waals surface area contributed by atoms with Crippen molar-refractivity contribution in [1.29, 1.82) is 0 Å². The Hall–Kier alpha value is -4.13. The Morgan fingerprint density at radius 3 is 1.70 bits per heavy atom. The third-order valence-electron chi connectivity index (χ3n) is 9.39. The highest BCUT2D eigenvalue weighted by atomic mass is 16.6. The first-order valence-corrected chi connectivity index (χ1v) is 18.1. The fraction of sp³-hybridized carbons (Fsp3) is 0.419. The zero-order valence-electron chi connectivity index (χ0n) is 31.3. The average molecular weight is 729 g/mol. The van der Waals surface area contributed by atoms with Gasteiger partial charge in [0.25, 0.3) is 0 Å². The number of aliphatic hydroxyl groups excluding tert-OH is 1. The SMILES string of the molecule is COCCOCCOCCOc1ccc(C2(c3ccc(COCCOCCOCCO)c(C)c3)c3cc(C)ccc3-c3ccc(C)cc32)cc1C(=O)O. The van der Waals surface area contributed by atoms with Crippen molar-refractivity contribution in [1.82, 2.24) is 0 Å². The molecule has 10 heteroatoms. The van der Waals surface area contributed by atoms with Crippen molar-refractivity contribution in [3.63, 3.8) is 0 Å². The number of aliphatic hydroxyl groups is 1. The smallest absolute Gasteiger partial charge is 0.339 e. The number of hydrogen-bond acceptors (Lipinski definition) is 9. The van der Waals surface area contributed by atoms with E-state index in [9.17, 15) is 9.90 Å². The lowest BCUT2D eigenvalue weighted by Crippen LogP contribution is -2.29. The highest BCUT2D eigenvalue weighted by Crippen LogP contribution is 2.57. The number of fused-ring (bicyclic) bond motifs is 3. The van der Waals surface area contributed by atoms with Gasteiger partial charge in [-0.05, 0) is 77.4 Å². The molecule has 5 rings (SSSR count). The van der Waals surface area contributed by atoms with Crippen LogP contribution in [0.4, 0.5) is 0 Å². The van der Waals surface area contributed by atoms with Gasteiger partial charge in [0.1, 0.15) is 17.9 Å². The number of methoxy groups -OCH3 is 1. The van der Waals surface area contributed by atoms with E-state index in [2.05, 4.69) is 75.4 Å². The predicted molar refractivity (Wildman–Crippen MR) is 202 cm³/mol. The second-order valence-electron chi connectivity index (χ2n) is 13.1. The largest absolute Gasteiger partial charge is 0.490 e. The summed E-state index contributed by atoms with van der Waals surface area (Å²) in [7, 11) is 1.62. The highest BCUT2D eigenvalue weighted by Gasteiger charge is 2.47. The molecule has 4 aromatic rings. The van der Waals surface area contributed by atoms with Crippen LogP contribution < -0.4 is 4.74 Å². The fourth-order valence-corrected chi connectivity index (χ4v) is 6.85. The van der Waals surface area contributed by atoms with Crippen molar-refractivity contribution < 1.29 is 48.2 Å². The number of carbonyl (C=O) groups is 1. The Morgan fingerprint density at radius 1 is 0.604 bits per heavy atom. The Kier molecular flexibility index (Phi) is 15.0. The molecule has 0 radical (unpaired) electrons. The number of hydrogen-bond donors (Lipinski definition) is 2. The molecule has 0 fully saturated rings. The van der Waals surface area contributed by atoms with Gasteiger partial charge in [0, 0.05) is 7.11 Å². The van der Waals surface area contributed by atoms with Gasteiger partial charge in [0.05, 0.1) is 84.7 Å². The lowest BCUT2D eigenvalue weighted by atomic mass is 9.66. The van der Waals surface area contributed by atoms with Crippen LogP contribution in [0.3, 0.4) is 0 Å². The number of carboxylic acid groups (broad SMARTS) is 1. The normalized spacial score (nSPS) is 12.8. The fourth-order valence-electron chi connectivity index (χ4n) is 6.85. The van der Waals surface area contributed by atoms with Crippen LogP contribution in [0.1, 0.15) is 54.9 Å². The van der Waals surface area contributed by atoms with Crippen molar-refractivity contribution in [2.24, 2.45) is 0 Å². The summed E-state index contributed by atoms with van der Waals surface area (Å²) in [6, 6.07) is 25.1.